The molecule has 2 unspecified atom stereocenters. The van der Waals surface area contributed by atoms with E-state index >= 15 is 0 Å². The number of nitrogens with one attached hydrogen (secondary N) is 3. The first kappa shape index (κ1) is 58.2. The number of fused-ring (bicyclic) bond motifs is 2. The zero-order valence-corrected chi connectivity index (χ0v) is 45.2. The molecule has 0 saturated carbocycles. The summed E-state index contributed by atoms with van der Waals surface area (Å²) in [7, 11) is -2.44. The van der Waals surface area contributed by atoms with E-state index in [9.17, 15) is 37.5 Å². The number of nitrogens with zero attached hydrogens (tertiary/aromatic N) is 4. The van der Waals surface area contributed by atoms with Crippen LogP contribution in [0.15, 0.2) is 53.0 Å². The number of hydrogen-bond donors (Lipinski definition) is 4. The Bertz CT molecular complexity index is 2680. The van der Waals surface area contributed by atoms with Crippen LogP contribution in [0.1, 0.15) is 75.7 Å². The Morgan fingerprint density at radius 3 is 2.08 bits per heavy atom. The smallest absolute Gasteiger partial charge is 0.410 e. The van der Waals surface area contributed by atoms with E-state index in [-0.39, 0.29) is 83.1 Å². The van der Waals surface area contributed by atoms with Crippen molar-refractivity contribution in [1.29, 1.82) is 0 Å². The highest BCUT2D eigenvalue weighted by Gasteiger charge is 2.46. The molecule has 1 aliphatic rings. The first-order chi connectivity index (χ1) is 34.2. The Balaban J connectivity index is 0.983. The summed E-state index contributed by atoms with van der Waals surface area (Å²) in [4.78, 5) is 76.1. The van der Waals surface area contributed by atoms with Crippen molar-refractivity contribution in [2.75, 3.05) is 78.4 Å². The summed E-state index contributed by atoms with van der Waals surface area (Å²) in [5.74, 6) is -2.87. The maximum Gasteiger partial charge on any atom is 0.410 e. The van der Waals surface area contributed by atoms with Crippen molar-refractivity contribution in [2.24, 2.45) is 5.41 Å². The third-order valence-corrected chi connectivity index (χ3v) is 14.9. The quantitative estimate of drug-likeness (QED) is 0.0626. The highest BCUT2D eigenvalue weighted by molar-refractivity contribution is 7.92. The molecule has 402 valence electrons. The molecule has 1 aliphatic heterocycles. The largest absolute Gasteiger partial charge is 0.490 e. The zero-order chi connectivity index (χ0) is 53.9. The molecule has 1 saturated heterocycles. The summed E-state index contributed by atoms with van der Waals surface area (Å²) in [6.07, 6.45) is 0.864. The number of likely N-dealkylation sites (N-methyl/N-ethyl adjacent to an activating group) is 1. The molecule has 4 atom stereocenters. The number of carbonyl (C=O) groups is 5. The van der Waals surface area contributed by atoms with E-state index in [4.69, 9.17) is 28.4 Å². The molecule has 4 N–H and O–H groups in total. The number of benzene rings is 2. The van der Waals surface area contributed by atoms with Gasteiger partial charge in [0, 0.05) is 55.1 Å². The van der Waals surface area contributed by atoms with Gasteiger partial charge in [-0.2, -0.15) is 0 Å². The van der Waals surface area contributed by atoms with Crippen LogP contribution in [-0.2, 0) is 52.7 Å². The number of hydrogen-bond acceptors (Lipinski definition) is 17. The summed E-state index contributed by atoms with van der Waals surface area (Å²) in [6, 6.07) is 6.76. The van der Waals surface area contributed by atoms with Crippen molar-refractivity contribution in [3.05, 3.63) is 48.1 Å². The van der Waals surface area contributed by atoms with Crippen LogP contribution in [-0.4, -0.2) is 171 Å². The average Bonchev–Trinajstić information content (AvgIpc) is 3.96. The third kappa shape index (κ3) is 16.1. The van der Waals surface area contributed by atoms with E-state index < -0.39 is 79.6 Å². The minimum absolute atomic E-state index is 0.0482. The van der Waals surface area contributed by atoms with Gasteiger partial charge in [-0.1, -0.05) is 20.8 Å². The van der Waals surface area contributed by atoms with Gasteiger partial charge in [0.25, 0.3) is 0 Å². The molecule has 4 amide bonds. The van der Waals surface area contributed by atoms with Crippen LogP contribution in [0.25, 0.3) is 21.1 Å². The van der Waals surface area contributed by atoms with E-state index in [0.29, 0.717) is 16.6 Å². The zero-order valence-electron chi connectivity index (χ0n) is 43.6. The molecular weight excluding hydrogens is 987 g/mol. The van der Waals surface area contributed by atoms with Crippen LogP contribution < -0.4 is 20.7 Å². The number of carboxylic acids is 1. The molecule has 2 aromatic heterocycles. The van der Waals surface area contributed by atoms with E-state index in [2.05, 4.69) is 25.9 Å². The molecule has 4 aromatic rings. The lowest BCUT2D eigenvalue weighted by Crippen LogP contribution is -2.59. The summed E-state index contributed by atoms with van der Waals surface area (Å²) in [5, 5.41) is 19.5. The van der Waals surface area contributed by atoms with Gasteiger partial charge in [-0.15, -0.1) is 11.3 Å². The van der Waals surface area contributed by atoms with Crippen molar-refractivity contribution in [3.8, 4) is 5.75 Å². The van der Waals surface area contributed by atoms with Crippen molar-refractivity contribution < 1.29 is 65.9 Å². The molecular formula is C50H71N7O14S2. The molecule has 0 bridgehead atoms. The van der Waals surface area contributed by atoms with Crippen molar-refractivity contribution >= 4 is 83.5 Å². The highest BCUT2D eigenvalue weighted by Crippen LogP contribution is 2.38. The first-order valence-corrected chi connectivity index (χ1v) is 26.3. The van der Waals surface area contributed by atoms with Crippen LogP contribution >= 0.6 is 11.3 Å². The average molecular weight is 1060 g/mol. The summed E-state index contributed by atoms with van der Waals surface area (Å²) in [6.45, 7) is 17.7. The second-order valence-corrected chi connectivity index (χ2v) is 24.2. The fraction of sp³-hybridized carbons (Fsp3) is 0.580. The molecule has 2 aromatic carbocycles. The Hall–Kier alpha value is -5.72. The number of carboxylic acid groups (broad SMARTS) is 1. The van der Waals surface area contributed by atoms with Gasteiger partial charge in [0.05, 0.1) is 72.2 Å². The highest BCUT2D eigenvalue weighted by atomic mass is 32.2. The number of aliphatic carboxylic acids is 1. The SMILES string of the molecule is CC(C(=O)NC(C(=O)N1C[C@@H](NC(=O)COCCOCCOCCOCCOc2cc3nccc(Nc4ccc5scnc5c4)c3cc2S(=O)(=O)C(C)(C)C)C[C@H]1C(=O)O)C(C)(C)C)N(C)C(=O)OC(C)(C)C. The topological polar surface area (TPSA) is 263 Å². The molecule has 5 rings (SSSR count). The van der Waals surface area contributed by atoms with Crippen molar-refractivity contribution in [1.82, 2.24) is 30.4 Å². The first-order valence-electron chi connectivity index (χ1n) is 24.0. The van der Waals surface area contributed by atoms with Gasteiger partial charge < -0.3 is 54.4 Å². The fourth-order valence-electron chi connectivity index (χ4n) is 7.47. The third-order valence-electron chi connectivity index (χ3n) is 11.6. The van der Waals surface area contributed by atoms with Crippen molar-refractivity contribution in [2.45, 2.75) is 115 Å². The van der Waals surface area contributed by atoms with Gasteiger partial charge in [-0.05, 0) is 84.2 Å². The Morgan fingerprint density at radius 1 is 0.849 bits per heavy atom. The van der Waals surface area contributed by atoms with Gasteiger partial charge in [0.1, 0.15) is 47.6 Å². The van der Waals surface area contributed by atoms with Gasteiger partial charge in [-0.3, -0.25) is 24.3 Å². The van der Waals surface area contributed by atoms with Crippen LogP contribution in [0.5, 0.6) is 5.75 Å². The Morgan fingerprint density at radius 2 is 1.48 bits per heavy atom. The van der Waals surface area contributed by atoms with Gasteiger partial charge in [0.2, 0.25) is 17.7 Å². The van der Waals surface area contributed by atoms with Crippen molar-refractivity contribution in [3.63, 3.8) is 0 Å². The molecule has 1 fully saturated rings. The fourth-order valence-corrected chi connectivity index (χ4v) is 9.45. The minimum Gasteiger partial charge on any atom is -0.490 e. The monoisotopic (exact) mass is 1060 g/mol. The van der Waals surface area contributed by atoms with E-state index in [0.717, 1.165) is 25.7 Å². The minimum atomic E-state index is -3.84. The second-order valence-electron chi connectivity index (χ2n) is 20.6. The molecule has 0 spiro atoms. The number of sulfone groups is 1. The summed E-state index contributed by atoms with van der Waals surface area (Å²) >= 11 is 1.55. The number of thiazole rings is 1. The molecule has 23 heteroatoms. The molecule has 0 aliphatic carbocycles. The number of aromatic nitrogens is 2. The predicted molar refractivity (Wildman–Crippen MR) is 275 cm³/mol. The summed E-state index contributed by atoms with van der Waals surface area (Å²) < 4.78 is 61.2. The number of rotatable bonds is 24. The molecule has 73 heavy (non-hydrogen) atoms. The standard InChI is InChI=1S/C50H71N7O14S2/c1-31(56(11)47(63)71-49(5,6)7)44(59)55-43(48(2,3)4)45(60)57-28-33(25-38(57)46(61)62)54-42(58)29-69-21-20-67-17-16-66-18-19-68-22-23-70-39-27-36-34(26-41(39)73(64,65)50(8,9)10)35(14-15-51-36)53-32-12-13-40-37(24-32)52-30-72-40/h12-15,24,26-27,30-31,33,38,43H,16-23,25,28-29H2,1-11H3,(H,51,53)(H,54,58)(H,55,59)(H,61,62)/t31?,33-,38-,43?/m0/s1. The van der Waals surface area contributed by atoms with Gasteiger partial charge in [-0.25, -0.2) is 23.0 Å². The van der Waals surface area contributed by atoms with Crippen LogP contribution in [0, 0.1) is 5.41 Å². The van der Waals surface area contributed by atoms with Crippen LogP contribution in [0.3, 0.4) is 0 Å². The molecule has 21 nitrogen and oxygen atoms in total. The number of likely N-dealkylation sites (tertiary alicyclic amines) is 1. The number of ether oxygens (including phenoxy) is 6. The maximum absolute atomic E-state index is 13.9. The maximum atomic E-state index is 13.9. The lowest BCUT2D eigenvalue weighted by atomic mass is 9.85. The van der Waals surface area contributed by atoms with Gasteiger partial charge >= 0.3 is 12.1 Å². The van der Waals surface area contributed by atoms with Crippen LogP contribution in [0.2, 0.25) is 0 Å². The predicted octanol–water partition coefficient (Wildman–Crippen LogP) is 5.56. The van der Waals surface area contributed by atoms with Crippen LogP contribution in [0.4, 0.5) is 16.2 Å². The number of anilines is 2. The van der Waals surface area contributed by atoms with Gasteiger partial charge in [0.15, 0.2) is 9.84 Å². The summed E-state index contributed by atoms with van der Waals surface area (Å²) in [5.41, 5.74) is 3.03. The normalized spacial score (nSPS) is 16.2. The second kappa shape index (κ2) is 25.0. The molecule has 0 radical (unpaired) electrons. The molecule has 3 heterocycles. The lowest BCUT2D eigenvalue weighted by Gasteiger charge is -2.36. The Kier molecular flexibility index (Phi) is 19.9. The number of carbonyl (C=O) groups excluding carboxylic acids is 4. The Labute approximate surface area is 430 Å². The van der Waals surface area contributed by atoms with E-state index in [1.807, 2.05) is 18.2 Å². The van der Waals surface area contributed by atoms with E-state index in [1.165, 1.54) is 14.0 Å². The number of pyridine rings is 1. The number of amides is 4. The van der Waals surface area contributed by atoms with E-state index in [1.54, 1.807) is 104 Å². The lowest BCUT2D eigenvalue weighted by molar-refractivity contribution is -0.151.